The lowest BCUT2D eigenvalue weighted by Crippen LogP contribution is -2.26. The molecule has 0 radical (unpaired) electrons. The molecular formula is C12H21BrN4S. The van der Waals surface area contributed by atoms with Crippen molar-refractivity contribution in [1.82, 2.24) is 9.97 Å². The summed E-state index contributed by atoms with van der Waals surface area (Å²) in [6.07, 6.45) is 4.76. The van der Waals surface area contributed by atoms with E-state index >= 15 is 0 Å². The van der Waals surface area contributed by atoms with Gasteiger partial charge in [-0.3, -0.25) is 0 Å². The summed E-state index contributed by atoms with van der Waals surface area (Å²) in [5, 5.41) is 6.63. The number of halogens is 1. The number of thioether (sulfide) groups is 1. The standard InChI is InChI=1S/C12H21BrN4S/c1-5-6-14-10-9(13)11(17-8-16-10)15-7-12(2,3)18-4/h8H,5-7H2,1-4H3,(H2,14,15,16,17). The van der Waals surface area contributed by atoms with Crippen molar-refractivity contribution in [3.8, 4) is 0 Å². The van der Waals surface area contributed by atoms with Crippen molar-refractivity contribution in [2.24, 2.45) is 0 Å². The third kappa shape index (κ3) is 4.65. The Labute approximate surface area is 122 Å². The Morgan fingerprint density at radius 2 is 1.89 bits per heavy atom. The van der Waals surface area contributed by atoms with E-state index in [0.717, 1.165) is 35.6 Å². The van der Waals surface area contributed by atoms with Crippen LogP contribution < -0.4 is 10.6 Å². The van der Waals surface area contributed by atoms with Gasteiger partial charge < -0.3 is 10.6 Å². The molecule has 1 aromatic heterocycles. The molecule has 6 heteroatoms. The van der Waals surface area contributed by atoms with Gasteiger partial charge in [0, 0.05) is 17.8 Å². The number of anilines is 2. The number of aromatic nitrogens is 2. The van der Waals surface area contributed by atoms with E-state index in [1.807, 2.05) is 11.8 Å². The van der Waals surface area contributed by atoms with Gasteiger partial charge in [0.05, 0.1) is 0 Å². The highest BCUT2D eigenvalue weighted by atomic mass is 79.9. The molecule has 0 aliphatic carbocycles. The third-order valence-corrected chi connectivity index (χ3v) is 4.57. The number of hydrogen-bond acceptors (Lipinski definition) is 5. The molecule has 0 fully saturated rings. The molecule has 1 rings (SSSR count). The van der Waals surface area contributed by atoms with E-state index in [9.17, 15) is 0 Å². The first-order valence-electron chi connectivity index (χ1n) is 6.03. The maximum atomic E-state index is 4.27. The van der Waals surface area contributed by atoms with Gasteiger partial charge in [0.15, 0.2) is 0 Å². The second-order valence-electron chi connectivity index (χ2n) is 4.63. The Kier molecular flexibility index (Phi) is 6.21. The van der Waals surface area contributed by atoms with Gasteiger partial charge in [0.25, 0.3) is 0 Å². The summed E-state index contributed by atoms with van der Waals surface area (Å²) in [6.45, 7) is 8.30. The number of hydrogen-bond donors (Lipinski definition) is 2. The highest BCUT2D eigenvalue weighted by Crippen LogP contribution is 2.28. The monoisotopic (exact) mass is 332 g/mol. The molecule has 0 amide bonds. The van der Waals surface area contributed by atoms with E-state index in [4.69, 9.17) is 0 Å². The number of nitrogens with one attached hydrogen (secondary N) is 2. The minimum atomic E-state index is 0.182. The molecule has 0 spiro atoms. The first-order chi connectivity index (χ1) is 8.50. The van der Waals surface area contributed by atoms with Crippen molar-refractivity contribution in [2.75, 3.05) is 30.0 Å². The van der Waals surface area contributed by atoms with Crippen LogP contribution in [0.5, 0.6) is 0 Å². The quantitative estimate of drug-likeness (QED) is 0.798. The average molecular weight is 333 g/mol. The van der Waals surface area contributed by atoms with Crippen LogP contribution in [0, 0.1) is 0 Å². The summed E-state index contributed by atoms with van der Waals surface area (Å²) in [7, 11) is 0. The van der Waals surface area contributed by atoms with Crippen LogP contribution in [0.15, 0.2) is 10.8 Å². The van der Waals surface area contributed by atoms with E-state index in [2.05, 4.69) is 63.6 Å². The second kappa shape index (κ2) is 7.19. The lowest BCUT2D eigenvalue weighted by atomic mass is 10.2. The van der Waals surface area contributed by atoms with Crippen LogP contribution >= 0.6 is 27.7 Å². The van der Waals surface area contributed by atoms with Gasteiger partial charge >= 0.3 is 0 Å². The Hall–Kier alpha value is -0.490. The van der Waals surface area contributed by atoms with E-state index < -0.39 is 0 Å². The Morgan fingerprint density at radius 3 is 2.44 bits per heavy atom. The fraction of sp³-hybridized carbons (Fsp3) is 0.667. The zero-order chi connectivity index (χ0) is 13.6. The summed E-state index contributed by atoms with van der Waals surface area (Å²) < 4.78 is 1.08. The van der Waals surface area contributed by atoms with Crippen LogP contribution in [-0.2, 0) is 0 Å². The lowest BCUT2D eigenvalue weighted by Gasteiger charge is -2.23. The zero-order valence-electron chi connectivity index (χ0n) is 11.4. The number of nitrogens with zero attached hydrogens (tertiary/aromatic N) is 2. The van der Waals surface area contributed by atoms with Gasteiger partial charge in [-0.1, -0.05) is 6.92 Å². The normalized spacial score (nSPS) is 11.4. The molecule has 18 heavy (non-hydrogen) atoms. The van der Waals surface area contributed by atoms with Gasteiger partial charge in [0.2, 0.25) is 0 Å². The van der Waals surface area contributed by atoms with E-state index in [0.29, 0.717) is 0 Å². The third-order valence-electron chi connectivity index (χ3n) is 2.57. The van der Waals surface area contributed by atoms with Crippen LogP contribution in [0.3, 0.4) is 0 Å². The molecule has 0 unspecified atom stereocenters. The molecular weight excluding hydrogens is 312 g/mol. The van der Waals surface area contributed by atoms with Crippen LogP contribution in [0.4, 0.5) is 11.6 Å². The van der Waals surface area contributed by atoms with Crippen LogP contribution in [0.1, 0.15) is 27.2 Å². The van der Waals surface area contributed by atoms with Crippen molar-refractivity contribution in [1.29, 1.82) is 0 Å². The molecule has 0 saturated heterocycles. The first kappa shape index (κ1) is 15.6. The van der Waals surface area contributed by atoms with Crippen molar-refractivity contribution in [3.63, 3.8) is 0 Å². The largest absolute Gasteiger partial charge is 0.369 e. The summed E-state index contributed by atoms with van der Waals surface area (Å²) in [6, 6.07) is 0. The van der Waals surface area contributed by atoms with Crippen molar-refractivity contribution >= 4 is 39.3 Å². The van der Waals surface area contributed by atoms with Crippen molar-refractivity contribution in [2.45, 2.75) is 31.9 Å². The second-order valence-corrected chi connectivity index (χ2v) is 6.94. The summed E-state index contributed by atoms with van der Waals surface area (Å²) in [5.74, 6) is 1.68. The molecule has 0 bridgehead atoms. The Bertz CT molecular complexity index is 384. The SMILES string of the molecule is CCCNc1ncnc(NCC(C)(C)SC)c1Br. The maximum Gasteiger partial charge on any atom is 0.145 e. The summed E-state index contributed by atoms with van der Waals surface area (Å²) in [4.78, 5) is 8.49. The molecule has 4 nitrogen and oxygen atoms in total. The zero-order valence-corrected chi connectivity index (χ0v) is 13.8. The predicted octanol–water partition coefficient (Wildman–Crippen LogP) is 3.61. The molecule has 0 atom stereocenters. The topological polar surface area (TPSA) is 49.8 Å². The first-order valence-corrected chi connectivity index (χ1v) is 8.05. The minimum Gasteiger partial charge on any atom is -0.369 e. The molecule has 102 valence electrons. The van der Waals surface area contributed by atoms with Gasteiger partial charge in [-0.25, -0.2) is 9.97 Å². The van der Waals surface area contributed by atoms with Gasteiger partial charge in [0.1, 0.15) is 22.4 Å². The van der Waals surface area contributed by atoms with Crippen LogP contribution in [0.25, 0.3) is 0 Å². The fourth-order valence-electron chi connectivity index (χ4n) is 1.23. The Balaban J connectivity index is 2.71. The fourth-order valence-corrected chi connectivity index (χ4v) is 1.93. The van der Waals surface area contributed by atoms with Crippen LogP contribution in [-0.4, -0.2) is 34.1 Å². The molecule has 1 heterocycles. The smallest absolute Gasteiger partial charge is 0.145 e. The Morgan fingerprint density at radius 1 is 1.28 bits per heavy atom. The van der Waals surface area contributed by atoms with Gasteiger partial charge in [-0.15, -0.1) is 0 Å². The highest BCUT2D eigenvalue weighted by Gasteiger charge is 2.17. The van der Waals surface area contributed by atoms with Gasteiger partial charge in [-0.2, -0.15) is 11.8 Å². The van der Waals surface area contributed by atoms with Gasteiger partial charge in [-0.05, 0) is 42.5 Å². The molecule has 0 aliphatic rings. The summed E-state index contributed by atoms with van der Waals surface area (Å²) in [5.41, 5.74) is 0. The van der Waals surface area contributed by atoms with E-state index in [1.165, 1.54) is 0 Å². The number of rotatable bonds is 7. The lowest BCUT2D eigenvalue weighted by molar-refractivity contribution is 0.749. The summed E-state index contributed by atoms with van der Waals surface area (Å²) >= 11 is 5.38. The average Bonchev–Trinajstić information content (AvgIpc) is 2.36. The van der Waals surface area contributed by atoms with Crippen molar-refractivity contribution < 1.29 is 0 Å². The van der Waals surface area contributed by atoms with Crippen molar-refractivity contribution in [3.05, 3.63) is 10.8 Å². The molecule has 1 aromatic rings. The predicted molar refractivity (Wildman–Crippen MR) is 84.6 cm³/mol. The molecule has 0 aromatic carbocycles. The molecule has 0 saturated carbocycles. The maximum absolute atomic E-state index is 4.27. The van der Waals surface area contributed by atoms with Crippen LogP contribution in [0.2, 0.25) is 0 Å². The van der Waals surface area contributed by atoms with E-state index in [-0.39, 0.29) is 4.75 Å². The highest BCUT2D eigenvalue weighted by molar-refractivity contribution is 9.10. The molecule has 2 N–H and O–H groups in total. The molecule has 0 aliphatic heterocycles. The van der Waals surface area contributed by atoms with E-state index in [1.54, 1.807) is 6.33 Å². The minimum absolute atomic E-state index is 0.182.